The molecular formula is C25H31NO5. The first-order chi connectivity index (χ1) is 14.7. The third-order valence-electron chi connectivity index (χ3n) is 5.63. The largest absolute Gasteiger partial charge is 0.480 e. The molecule has 6 nitrogen and oxygen atoms in total. The van der Waals surface area contributed by atoms with Gasteiger partial charge in [-0.05, 0) is 44.7 Å². The predicted molar refractivity (Wildman–Crippen MR) is 117 cm³/mol. The summed E-state index contributed by atoms with van der Waals surface area (Å²) in [5.74, 6) is -2.34. The highest BCUT2D eigenvalue weighted by Crippen LogP contribution is 2.38. The Kier molecular flexibility index (Phi) is 7.13. The number of aliphatic carboxylic acids is 1. The Bertz CT molecular complexity index is 878. The molecule has 0 aliphatic carbocycles. The van der Waals surface area contributed by atoms with Crippen LogP contribution in [0.25, 0.3) is 0 Å². The van der Waals surface area contributed by atoms with Crippen molar-refractivity contribution in [3.8, 4) is 0 Å². The topological polar surface area (TPSA) is 87.1 Å². The third kappa shape index (κ3) is 5.71. The van der Waals surface area contributed by atoms with Crippen molar-refractivity contribution in [2.75, 3.05) is 0 Å². The lowest BCUT2D eigenvalue weighted by molar-refractivity contribution is -0.169. The number of aliphatic hydroxyl groups excluding tert-OH is 1. The number of carboxylic acids is 1. The number of ether oxygens (including phenoxy) is 1. The average Bonchev–Trinajstić information content (AvgIpc) is 3.11. The Morgan fingerprint density at radius 3 is 2.16 bits per heavy atom. The molecule has 1 fully saturated rings. The Morgan fingerprint density at radius 2 is 1.61 bits per heavy atom. The van der Waals surface area contributed by atoms with Crippen LogP contribution in [0.1, 0.15) is 50.8 Å². The number of rotatable bonds is 7. The normalized spacial score (nSPS) is 21.4. The summed E-state index contributed by atoms with van der Waals surface area (Å²) in [6, 6.07) is 17.4. The van der Waals surface area contributed by atoms with Gasteiger partial charge in [0.05, 0.1) is 6.10 Å². The number of aliphatic hydroxyl groups is 1. The first kappa shape index (κ1) is 23.0. The average molecular weight is 426 g/mol. The van der Waals surface area contributed by atoms with Crippen molar-refractivity contribution < 1.29 is 24.5 Å². The summed E-state index contributed by atoms with van der Waals surface area (Å²) in [5.41, 5.74) is 0.843. The molecule has 1 saturated heterocycles. The van der Waals surface area contributed by atoms with E-state index in [1.807, 2.05) is 41.3 Å². The smallest absolute Gasteiger partial charge is 0.320 e. The van der Waals surface area contributed by atoms with Gasteiger partial charge < -0.3 is 14.9 Å². The lowest BCUT2D eigenvalue weighted by Crippen LogP contribution is -2.48. The third-order valence-corrected chi connectivity index (χ3v) is 5.63. The van der Waals surface area contributed by atoms with E-state index in [0.29, 0.717) is 24.9 Å². The van der Waals surface area contributed by atoms with Gasteiger partial charge in [0, 0.05) is 12.6 Å². The fraction of sp³-hybridized carbons (Fsp3) is 0.440. The molecule has 31 heavy (non-hydrogen) atoms. The predicted octanol–water partition coefficient (Wildman–Crippen LogP) is 3.80. The van der Waals surface area contributed by atoms with Gasteiger partial charge in [-0.3, -0.25) is 14.5 Å². The van der Waals surface area contributed by atoms with Crippen molar-refractivity contribution in [2.24, 2.45) is 5.92 Å². The summed E-state index contributed by atoms with van der Waals surface area (Å²) in [7, 11) is 0. The Hall–Kier alpha value is -2.70. The van der Waals surface area contributed by atoms with Crippen molar-refractivity contribution in [2.45, 2.75) is 63.9 Å². The van der Waals surface area contributed by atoms with E-state index >= 15 is 0 Å². The zero-order chi connectivity index (χ0) is 22.6. The van der Waals surface area contributed by atoms with Gasteiger partial charge in [0.15, 0.2) is 0 Å². The molecule has 0 aromatic heterocycles. The van der Waals surface area contributed by atoms with Gasteiger partial charge in [0.1, 0.15) is 17.6 Å². The first-order valence-electron chi connectivity index (χ1n) is 10.7. The highest BCUT2D eigenvalue weighted by Gasteiger charge is 2.48. The zero-order valence-corrected chi connectivity index (χ0v) is 18.3. The molecular weight excluding hydrogens is 394 g/mol. The fourth-order valence-electron chi connectivity index (χ4n) is 4.29. The monoisotopic (exact) mass is 425 g/mol. The van der Waals surface area contributed by atoms with E-state index in [4.69, 9.17) is 4.74 Å². The molecule has 0 amide bonds. The molecule has 2 aromatic carbocycles. The van der Waals surface area contributed by atoms with Gasteiger partial charge in [-0.1, -0.05) is 60.7 Å². The number of carboxylic acid groups (broad SMARTS) is 1. The SMILES string of the molecule is CC(C)(C)OC(=O)C(C(O)c1ccccc1)[C@H]1CC[C@@H](C(=O)O)N1Cc1ccccc1. The Balaban J connectivity index is 1.98. The first-order valence-corrected chi connectivity index (χ1v) is 10.7. The summed E-state index contributed by atoms with van der Waals surface area (Å²) >= 11 is 0. The van der Waals surface area contributed by atoms with E-state index in [1.165, 1.54) is 0 Å². The molecule has 0 saturated carbocycles. The van der Waals surface area contributed by atoms with E-state index in [1.54, 1.807) is 45.0 Å². The molecule has 3 rings (SSSR count). The molecule has 1 aliphatic rings. The summed E-state index contributed by atoms with van der Waals surface area (Å²) in [4.78, 5) is 27.1. The lowest BCUT2D eigenvalue weighted by atomic mass is 9.87. The molecule has 0 radical (unpaired) electrons. The number of carbonyl (C=O) groups excluding carboxylic acids is 1. The minimum Gasteiger partial charge on any atom is -0.480 e. The summed E-state index contributed by atoms with van der Waals surface area (Å²) in [5, 5.41) is 21.1. The molecule has 1 aliphatic heterocycles. The second-order valence-electron chi connectivity index (χ2n) is 9.07. The van der Waals surface area contributed by atoms with Gasteiger partial charge in [-0.2, -0.15) is 0 Å². The number of carbonyl (C=O) groups is 2. The van der Waals surface area contributed by atoms with Crippen molar-refractivity contribution >= 4 is 11.9 Å². The second kappa shape index (κ2) is 9.62. The maximum atomic E-state index is 13.3. The van der Waals surface area contributed by atoms with Crippen LogP contribution in [0.5, 0.6) is 0 Å². The molecule has 2 N–H and O–H groups in total. The minimum absolute atomic E-state index is 0.378. The maximum Gasteiger partial charge on any atom is 0.320 e. The maximum absolute atomic E-state index is 13.3. The zero-order valence-electron chi connectivity index (χ0n) is 18.3. The van der Waals surface area contributed by atoms with Crippen molar-refractivity contribution in [1.29, 1.82) is 0 Å². The molecule has 0 bridgehead atoms. The number of hydrogen-bond acceptors (Lipinski definition) is 5. The van der Waals surface area contributed by atoms with Crippen LogP contribution >= 0.6 is 0 Å². The number of nitrogens with zero attached hydrogens (tertiary/aromatic N) is 1. The molecule has 0 spiro atoms. The second-order valence-corrected chi connectivity index (χ2v) is 9.07. The van der Waals surface area contributed by atoms with Crippen LogP contribution in [0.15, 0.2) is 60.7 Å². The highest BCUT2D eigenvalue weighted by atomic mass is 16.6. The van der Waals surface area contributed by atoms with Crippen molar-refractivity contribution in [3.63, 3.8) is 0 Å². The van der Waals surface area contributed by atoms with Gasteiger partial charge >= 0.3 is 11.9 Å². The van der Waals surface area contributed by atoms with E-state index in [0.717, 1.165) is 5.56 Å². The van der Waals surface area contributed by atoms with Crippen LogP contribution in [0.2, 0.25) is 0 Å². The van der Waals surface area contributed by atoms with Gasteiger partial charge in [-0.25, -0.2) is 0 Å². The Morgan fingerprint density at radius 1 is 1.03 bits per heavy atom. The van der Waals surface area contributed by atoms with Crippen LogP contribution in [0.3, 0.4) is 0 Å². The quantitative estimate of drug-likeness (QED) is 0.656. The molecule has 166 valence electrons. The highest BCUT2D eigenvalue weighted by molar-refractivity contribution is 5.77. The minimum atomic E-state index is -1.10. The van der Waals surface area contributed by atoms with Crippen LogP contribution < -0.4 is 0 Å². The van der Waals surface area contributed by atoms with Gasteiger partial charge in [0.2, 0.25) is 0 Å². The van der Waals surface area contributed by atoms with Crippen molar-refractivity contribution in [3.05, 3.63) is 71.8 Å². The summed E-state index contributed by atoms with van der Waals surface area (Å²) in [6.45, 7) is 5.73. The van der Waals surface area contributed by atoms with Crippen molar-refractivity contribution in [1.82, 2.24) is 4.90 Å². The number of hydrogen-bond donors (Lipinski definition) is 2. The van der Waals surface area contributed by atoms with Crippen LogP contribution in [-0.4, -0.2) is 44.7 Å². The number of likely N-dealkylation sites (tertiary alicyclic amines) is 1. The van der Waals surface area contributed by atoms with E-state index in [-0.39, 0.29) is 0 Å². The fourth-order valence-corrected chi connectivity index (χ4v) is 4.29. The summed E-state index contributed by atoms with van der Waals surface area (Å²) < 4.78 is 5.68. The van der Waals surface area contributed by atoms with Gasteiger partial charge in [0.25, 0.3) is 0 Å². The van der Waals surface area contributed by atoms with E-state index < -0.39 is 41.6 Å². The van der Waals surface area contributed by atoms with E-state index in [9.17, 15) is 19.8 Å². The number of esters is 1. The van der Waals surface area contributed by atoms with Crippen LogP contribution in [0, 0.1) is 5.92 Å². The molecule has 1 heterocycles. The van der Waals surface area contributed by atoms with Gasteiger partial charge in [-0.15, -0.1) is 0 Å². The standard InChI is InChI=1S/C25H31NO5/c1-25(2,3)31-24(30)21(22(27)18-12-8-5-9-13-18)19-14-15-20(23(28)29)26(19)16-17-10-6-4-7-11-17/h4-13,19-22,27H,14-16H2,1-3H3,(H,28,29)/t19-,20+,21?,22?/m1/s1. The van der Waals surface area contributed by atoms with E-state index in [2.05, 4.69) is 0 Å². The van der Waals surface area contributed by atoms with Crippen LogP contribution in [0.4, 0.5) is 0 Å². The number of benzene rings is 2. The molecule has 6 heteroatoms. The molecule has 4 atom stereocenters. The lowest BCUT2D eigenvalue weighted by Gasteiger charge is -2.36. The molecule has 2 unspecified atom stereocenters. The molecule has 2 aromatic rings. The summed E-state index contributed by atoms with van der Waals surface area (Å²) in [6.07, 6.45) is -0.211. The Labute approximate surface area is 183 Å². The van der Waals surface area contributed by atoms with Crippen LogP contribution in [-0.2, 0) is 20.9 Å².